The van der Waals surface area contributed by atoms with E-state index in [1.807, 2.05) is 44.2 Å². The number of esters is 1. The van der Waals surface area contributed by atoms with Crippen LogP contribution in [0.25, 0.3) is 0 Å². The van der Waals surface area contributed by atoms with Gasteiger partial charge >= 0.3 is 11.9 Å². The molecule has 2 aliphatic heterocycles. The van der Waals surface area contributed by atoms with E-state index in [1.165, 1.54) is 18.2 Å². The van der Waals surface area contributed by atoms with Crippen LogP contribution >= 0.6 is 15.9 Å². The molecule has 136 valence electrons. The van der Waals surface area contributed by atoms with Gasteiger partial charge in [0.15, 0.2) is 5.60 Å². The van der Waals surface area contributed by atoms with E-state index in [4.69, 9.17) is 9.47 Å². The van der Waals surface area contributed by atoms with Gasteiger partial charge in [-0.05, 0) is 42.5 Å². The molecule has 0 fully saturated rings. The third kappa shape index (κ3) is 2.20. The number of carbonyl (C=O) groups is 2. The quantitative estimate of drug-likeness (QED) is 0.470. The number of fused-ring (bicyclic) bond motifs is 6. The standard InChI is InChI=1S/C21H12BBrO5/c22-11-2-5-14-17(8-11)27-18-9-12(23)3-6-15(18)21(14)16-7-10(19(24)25)1-4-13(16)20(26)28-21/h1-9H,22H2,(H,24,25). The van der Waals surface area contributed by atoms with E-state index in [0.717, 1.165) is 9.94 Å². The Balaban J connectivity index is 1.90. The summed E-state index contributed by atoms with van der Waals surface area (Å²) in [4.78, 5) is 24.3. The molecule has 1 atom stereocenters. The van der Waals surface area contributed by atoms with Crippen molar-refractivity contribution in [3.05, 3.63) is 86.9 Å². The molecule has 0 aromatic heterocycles. The first-order chi connectivity index (χ1) is 13.4. The lowest BCUT2D eigenvalue weighted by Gasteiger charge is -2.36. The normalized spacial score (nSPS) is 18.7. The Morgan fingerprint density at radius 3 is 2.43 bits per heavy atom. The number of aromatic carboxylic acids is 1. The number of carboxylic acid groups (broad SMARTS) is 1. The number of rotatable bonds is 1. The van der Waals surface area contributed by atoms with Gasteiger partial charge < -0.3 is 14.6 Å². The van der Waals surface area contributed by atoms with Gasteiger partial charge in [-0.25, -0.2) is 9.59 Å². The molecule has 0 bridgehead atoms. The minimum absolute atomic E-state index is 0.0928. The molecule has 28 heavy (non-hydrogen) atoms. The van der Waals surface area contributed by atoms with Crippen LogP contribution in [-0.4, -0.2) is 24.9 Å². The van der Waals surface area contributed by atoms with Crippen molar-refractivity contribution in [2.24, 2.45) is 0 Å². The summed E-state index contributed by atoms with van der Waals surface area (Å²) in [5.41, 5.74) is 2.02. The Labute approximate surface area is 169 Å². The number of carboxylic acids is 1. The maximum Gasteiger partial charge on any atom is 0.340 e. The van der Waals surface area contributed by atoms with Crippen LogP contribution in [0.1, 0.15) is 37.4 Å². The van der Waals surface area contributed by atoms with Gasteiger partial charge in [0.05, 0.1) is 11.1 Å². The van der Waals surface area contributed by atoms with Crippen LogP contribution in [0.2, 0.25) is 0 Å². The summed E-state index contributed by atoms with van der Waals surface area (Å²) in [6.07, 6.45) is 0. The summed E-state index contributed by atoms with van der Waals surface area (Å²) in [6, 6.07) is 15.6. The van der Waals surface area contributed by atoms with Crippen molar-refractivity contribution >= 4 is 41.2 Å². The van der Waals surface area contributed by atoms with Gasteiger partial charge in [-0.2, -0.15) is 0 Å². The number of carbonyl (C=O) groups excluding carboxylic acids is 1. The first-order valence-electron chi connectivity index (χ1n) is 8.60. The minimum atomic E-state index is -1.25. The summed E-state index contributed by atoms with van der Waals surface area (Å²) in [7, 11) is 1.95. The fourth-order valence-corrected chi connectivity index (χ4v) is 4.28. The summed E-state index contributed by atoms with van der Waals surface area (Å²) in [5.74, 6) is -0.431. The second kappa shape index (κ2) is 5.72. The zero-order chi connectivity index (χ0) is 19.6. The van der Waals surface area contributed by atoms with Gasteiger partial charge in [0.25, 0.3) is 0 Å². The van der Waals surface area contributed by atoms with Crippen molar-refractivity contribution in [2.75, 3.05) is 0 Å². The second-order valence-electron chi connectivity index (χ2n) is 6.88. The molecular formula is C21H12BBrO5. The molecule has 2 heterocycles. The fourth-order valence-electron chi connectivity index (χ4n) is 3.94. The molecule has 0 radical (unpaired) electrons. The maximum absolute atomic E-state index is 12.8. The summed E-state index contributed by atoms with van der Waals surface area (Å²) in [5, 5.41) is 9.48. The topological polar surface area (TPSA) is 72.8 Å². The van der Waals surface area contributed by atoms with Gasteiger partial charge in [-0.3, -0.25) is 0 Å². The lowest BCUT2D eigenvalue weighted by Crippen LogP contribution is -2.33. The number of ether oxygens (including phenoxy) is 2. The lowest BCUT2D eigenvalue weighted by molar-refractivity contribution is 0.0224. The lowest BCUT2D eigenvalue weighted by atomic mass is 9.76. The number of halogens is 1. The zero-order valence-electron chi connectivity index (χ0n) is 14.7. The molecule has 0 saturated carbocycles. The van der Waals surface area contributed by atoms with Crippen LogP contribution in [0, 0.1) is 0 Å². The highest BCUT2D eigenvalue weighted by molar-refractivity contribution is 9.10. The van der Waals surface area contributed by atoms with Gasteiger partial charge in [0.2, 0.25) is 0 Å². The molecule has 3 aromatic rings. The van der Waals surface area contributed by atoms with Crippen molar-refractivity contribution in [3.63, 3.8) is 0 Å². The Kier molecular flexibility index (Phi) is 3.49. The molecule has 1 spiro atoms. The molecule has 5 nitrogen and oxygen atoms in total. The van der Waals surface area contributed by atoms with E-state index < -0.39 is 17.5 Å². The van der Waals surface area contributed by atoms with Crippen molar-refractivity contribution in [3.8, 4) is 11.5 Å². The van der Waals surface area contributed by atoms with E-state index in [2.05, 4.69) is 15.9 Å². The van der Waals surface area contributed by atoms with E-state index in [0.29, 0.717) is 33.8 Å². The molecule has 7 heteroatoms. The van der Waals surface area contributed by atoms with Crippen molar-refractivity contribution in [1.29, 1.82) is 0 Å². The van der Waals surface area contributed by atoms with E-state index >= 15 is 0 Å². The first-order valence-corrected chi connectivity index (χ1v) is 9.39. The van der Waals surface area contributed by atoms with Gasteiger partial charge in [0, 0.05) is 21.2 Å². The minimum Gasteiger partial charge on any atom is -0.478 e. The average Bonchev–Trinajstić information content (AvgIpc) is 2.94. The van der Waals surface area contributed by atoms with E-state index in [-0.39, 0.29) is 5.56 Å². The molecule has 1 unspecified atom stereocenters. The summed E-state index contributed by atoms with van der Waals surface area (Å²) < 4.78 is 12.9. The largest absolute Gasteiger partial charge is 0.478 e. The number of hydrogen-bond donors (Lipinski definition) is 1. The number of hydrogen-bond acceptors (Lipinski definition) is 4. The van der Waals surface area contributed by atoms with Crippen LogP contribution in [0.4, 0.5) is 0 Å². The monoisotopic (exact) mass is 434 g/mol. The van der Waals surface area contributed by atoms with Gasteiger partial charge in [-0.1, -0.05) is 33.5 Å². The molecular weight excluding hydrogens is 423 g/mol. The second-order valence-corrected chi connectivity index (χ2v) is 7.79. The third-order valence-electron chi connectivity index (χ3n) is 5.17. The Bertz CT molecular complexity index is 1150. The number of benzene rings is 3. The predicted molar refractivity (Wildman–Crippen MR) is 108 cm³/mol. The highest BCUT2D eigenvalue weighted by Gasteiger charge is 2.53. The van der Waals surface area contributed by atoms with Crippen molar-refractivity contribution < 1.29 is 24.2 Å². The SMILES string of the molecule is Bc1ccc2c(c1)Oc1cc(Br)ccc1C21OC(=O)c2ccc(C(=O)O)cc21. The van der Waals surface area contributed by atoms with Crippen LogP contribution in [0.15, 0.2) is 59.1 Å². The Hall–Kier alpha value is -3.06. The van der Waals surface area contributed by atoms with Gasteiger partial charge in [0.1, 0.15) is 19.3 Å². The third-order valence-corrected chi connectivity index (χ3v) is 5.66. The first kappa shape index (κ1) is 17.1. The highest BCUT2D eigenvalue weighted by atomic mass is 79.9. The van der Waals surface area contributed by atoms with Crippen molar-refractivity contribution in [1.82, 2.24) is 0 Å². The maximum atomic E-state index is 12.8. The molecule has 2 aliphatic rings. The van der Waals surface area contributed by atoms with Gasteiger partial charge in [-0.15, -0.1) is 0 Å². The zero-order valence-corrected chi connectivity index (χ0v) is 16.2. The highest BCUT2D eigenvalue weighted by Crippen LogP contribution is 2.56. The van der Waals surface area contributed by atoms with Crippen molar-refractivity contribution in [2.45, 2.75) is 5.60 Å². The average molecular weight is 435 g/mol. The molecule has 0 saturated heterocycles. The molecule has 3 aromatic carbocycles. The molecule has 5 rings (SSSR count). The van der Waals surface area contributed by atoms with Crippen LogP contribution in [-0.2, 0) is 10.3 Å². The van der Waals surface area contributed by atoms with Crippen LogP contribution in [0.3, 0.4) is 0 Å². The Morgan fingerprint density at radius 2 is 1.68 bits per heavy atom. The fraction of sp³-hybridized carbons (Fsp3) is 0.0476. The molecule has 0 aliphatic carbocycles. The van der Waals surface area contributed by atoms with Crippen LogP contribution < -0.4 is 10.2 Å². The molecule has 1 N–H and O–H groups in total. The predicted octanol–water partition coefficient (Wildman–Crippen LogP) is 2.97. The summed E-state index contributed by atoms with van der Waals surface area (Å²) >= 11 is 3.45. The summed E-state index contributed by atoms with van der Waals surface area (Å²) in [6.45, 7) is 0. The van der Waals surface area contributed by atoms with Crippen LogP contribution in [0.5, 0.6) is 11.5 Å². The van der Waals surface area contributed by atoms with E-state index in [1.54, 1.807) is 0 Å². The van der Waals surface area contributed by atoms with E-state index in [9.17, 15) is 14.7 Å². The Morgan fingerprint density at radius 1 is 0.964 bits per heavy atom. The smallest absolute Gasteiger partial charge is 0.340 e. The molecule has 0 amide bonds.